The number of ketones is 1. The number of hydrogen-bond donors (Lipinski definition) is 0. The third-order valence-electron chi connectivity index (χ3n) is 3.44. The highest BCUT2D eigenvalue weighted by Crippen LogP contribution is 2.34. The van der Waals surface area contributed by atoms with E-state index in [9.17, 15) is 10.1 Å². The van der Waals surface area contributed by atoms with Gasteiger partial charge in [0.1, 0.15) is 5.92 Å². The first-order chi connectivity index (χ1) is 8.61. The molecule has 0 aliphatic heterocycles. The molecule has 0 heterocycles. The lowest BCUT2D eigenvalue weighted by Crippen LogP contribution is -2.20. The molecule has 0 amide bonds. The highest BCUT2D eigenvalue weighted by atomic mass is 35.5. The maximum absolute atomic E-state index is 12.1. The molecule has 1 unspecified atom stereocenters. The van der Waals surface area contributed by atoms with Crippen molar-refractivity contribution in [1.29, 1.82) is 5.26 Å². The lowest BCUT2D eigenvalue weighted by Gasteiger charge is -2.25. The van der Waals surface area contributed by atoms with Crippen molar-refractivity contribution >= 4 is 29.0 Å². The number of carbonyl (C=O) groups excluding carboxylic acids is 1. The van der Waals surface area contributed by atoms with Crippen LogP contribution in [0.25, 0.3) is 0 Å². The minimum atomic E-state index is -0.768. The van der Waals surface area contributed by atoms with Crippen LogP contribution in [-0.4, -0.2) is 5.78 Å². The van der Waals surface area contributed by atoms with Gasteiger partial charge in [-0.3, -0.25) is 4.79 Å². The second-order valence-electron chi connectivity index (χ2n) is 4.70. The van der Waals surface area contributed by atoms with Crippen molar-refractivity contribution in [2.75, 3.05) is 0 Å². The third kappa shape index (κ3) is 2.85. The standard InChI is InChI=1S/C14H13Cl2NO/c15-10-4-5-11(13(16)7-10)12(8-17)14(18)6-9-2-1-3-9/h4-5,7,9,12H,1-3,6H2. The molecule has 1 aromatic rings. The molecule has 2 rings (SSSR count). The smallest absolute Gasteiger partial charge is 0.154 e. The molecule has 1 aliphatic carbocycles. The van der Waals surface area contributed by atoms with Gasteiger partial charge in [-0.1, -0.05) is 48.5 Å². The Morgan fingerprint density at radius 1 is 1.44 bits per heavy atom. The molecule has 2 nitrogen and oxygen atoms in total. The van der Waals surface area contributed by atoms with Crippen LogP contribution in [0.3, 0.4) is 0 Å². The summed E-state index contributed by atoms with van der Waals surface area (Å²) >= 11 is 11.9. The predicted molar refractivity (Wildman–Crippen MR) is 71.8 cm³/mol. The Bertz CT molecular complexity index is 503. The van der Waals surface area contributed by atoms with Crippen LogP contribution in [0.5, 0.6) is 0 Å². The fourth-order valence-electron chi connectivity index (χ4n) is 2.15. The van der Waals surface area contributed by atoms with Gasteiger partial charge >= 0.3 is 0 Å². The van der Waals surface area contributed by atoms with Crippen LogP contribution < -0.4 is 0 Å². The van der Waals surface area contributed by atoms with E-state index >= 15 is 0 Å². The zero-order valence-corrected chi connectivity index (χ0v) is 11.3. The molecule has 1 fully saturated rings. The number of hydrogen-bond acceptors (Lipinski definition) is 2. The van der Waals surface area contributed by atoms with Crippen molar-refractivity contribution in [2.24, 2.45) is 5.92 Å². The summed E-state index contributed by atoms with van der Waals surface area (Å²) in [5.74, 6) is -0.346. The minimum Gasteiger partial charge on any atom is -0.298 e. The summed E-state index contributed by atoms with van der Waals surface area (Å²) in [4.78, 5) is 12.1. The Labute approximate surface area is 117 Å². The molecule has 0 aromatic heterocycles. The number of carbonyl (C=O) groups is 1. The zero-order valence-electron chi connectivity index (χ0n) is 9.83. The molecule has 1 saturated carbocycles. The molecule has 18 heavy (non-hydrogen) atoms. The van der Waals surface area contributed by atoms with E-state index in [4.69, 9.17) is 23.2 Å². The number of Topliss-reactive ketones (excluding diaryl/α,β-unsaturated/α-hetero) is 1. The summed E-state index contributed by atoms with van der Waals surface area (Å²) in [7, 11) is 0. The predicted octanol–water partition coefficient (Wildman–Crippen LogP) is 4.36. The van der Waals surface area contributed by atoms with Crippen molar-refractivity contribution in [3.05, 3.63) is 33.8 Å². The SMILES string of the molecule is N#CC(C(=O)CC1CCC1)c1ccc(Cl)cc1Cl. The number of halogens is 2. The second-order valence-corrected chi connectivity index (χ2v) is 5.54. The van der Waals surface area contributed by atoms with Gasteiger partial charge in [-0.25, -0.2) is 0 Å². The Morgan fingerprint density at radius 3 is 2.67 bits per heavy atom. The van der Waals surface area contributed by atoms with Gasteiger partial charge < -0.3 is 0 Å². The van der Waals surface area contributed by atoms with Gasteiger partial charge in [0, 0.05) is 16.5 Å². The van der Waals surface area contributed by atoms with Gasteiger partial charge in [0.2, 0.25) is 0 Å². The Balaban J connectivity index is 2.16. The van der Waals surface area contributed by atoms with Crippen molar-refractivity contribution in [3.63, 3.8) is 0 Å². The maximum atomic E-state index is 12.1. The van der Waals surface area contributed by atoms with Gasteiger partial charge in [-0.2, -0.15) is 5.26 Å². The second kappa shape index (κ2) is 5.73. The van der Waals surface area contributed by atoms with E-state index in [0.29, 0.717) is 27.9 Å². The first-order valence-corrected chi connectivity index (χ1v) is 6.74. The average Bonchev–Trinajstić information content (AvgIpc) is 2.27. The topological polar surface area (TPSA) is 40.9 Å². The Kier molecular flexibility index (Phi) is 4.27. The van der Waals surface area contributed by atoms with Crippen LogP contribution in [-0.2, 0) is 4.79 Å². The summed E-state index contributed by atoms with van der Waals surface area (Å²) in [5.41, 5.74) is 0.563. The molecule has 1 aliphatic rings. The lowest BCUT2D eigenvalue weighted by molar-refractivity contribution is -0.120. The highest BCUT2D eigenvalue weighted by Gasteiger charge is 2.27. The van der Waals surface area contributed by atoms with Crippen LogP contribution in [0.4, 0.5) is 0 Å². The molecular weight excluding hydrogens is 269 g/mol. The minimum absolute atomic E-state index is 0.0357. The monoisotopic (exact) mass is 281 g/mol. The third-order valence-corrected chi connectivity index (χ3v) is 4.00. The molecule has 0 spiro atoms. The van der Waals surface area contributed by atoms with E-state index in [0.717, 1.165) is 12.8 Å². The lowest BCUT2D eigenvalue weighted by atomic mass is 9.79. The van der Waals surface area contributed by atoms with E-state index in [2.05, 4.69) is 6.07 Å². The van der Waals surface area contributed by atoms with Crippen LogP contribution in [0.2, 0.25) is 10.0 Å². The van der Waals surface area contributed by atoms with Gasteiger partial charge in [0.15, 0.2) is 5.78 Å². The van der Waals surface area contributed by atoms with E-state index in [-0.39, 0.29) is 5.78 Å². The summed E-state index contributed by atoms with van der Waals surface area (Å²) in [6, 6.07) is 6.94. The maximum Gasteiger partial charge on any atom is 0.154 e. The summed E-state index contributed by atoms with van der Waals surface area (Å²) in [5, 5.41) is 10.1. The highest BCUT2D eigenvalue weighted by molar-refractivity contribution is 6.35. The summed E-state index contributed by atoms with van der Waals surface area (Å²) in [6.45, 7) is 0. The number of rotatable bonds is 4. The fourth-order valence-corrected chi connectivity index (χ4v) is 2.67. The van der Waals surface area contributed by atoms with Crippen LogP contribution in [0.1, 0.15) is 37.2 Å². The Morgan fingerprint density at radius 2 is 2.17 bits per heavy atom. The summed E-state index contributed by atoms with van der Waals surface area (Å²) in [6.07, 6.45) is 3.87. The number of nitrogens with zero attached hydrogens (tertiary/aromatic N) is 1. The van der Waals surface area contributed by atoms with E-state index in [1.165, 1.54) is 6.42 Å². The summed E-state index contributed by atoms with van der Waals surface area (Å²) < 4.78 is 0. The van der Waals surface area contributed by atoms with Gasteiger partial charge in [0.05, 0.1) is 6.07 Å². The van der Waals surface area contributed by atoms with Gasteiger partial charge in [0.25, 0.3) is 0 Å². The van der Waals surface area contributed by atoms with Crippen molar-refractivity contribution < 1.29 is 4.79 Å². The van der Waals surface area contributed by atoms with E-state index in [1.807, 2.05) is 0 Å². The largest absolute Gasteiger partial charge is 0.298 e. The quantitative estimate of drug-likeness (QED) is 0.823. The van der Waals surface area contributed by atoms with Crippen LogP contribution in [0.15, 0.2) is 18.2 Å². The Hall–Kier alpha value is -1.04. The van der Waals surface area contributed by atoms with Crippen molar-refractivity contribution in [1.82, 2.24) is 0 Å². The molecule has 0 N–H and O–H groups in total. The van der Waals surface area contributed by atoms with Gasteiger partial charge in [-0.05, 0) is 23.6 Å². The first-order valence-electron chi connectivity index (χ1n) is 5.99. The molecule has 4 heteroatoms. The van der Waals surface area contributed by atoms with Gasteiger partial charge in [-0.15, -0.1) is 0 Å². The van der Waals surface area contributed by atoms with Crippen LogP contribution >= 0.6 is 23.2 Å². The molecule has 1 aromatic carbocycles. The normalized spacial score (nSPS) is 16.7. The number of nitriles is 1. The molecule has 0 radical (unpaired) electrons. The number of benzene rings is 1. The van der Waals surface area contributed by atoms with Crippen molar-refractivity contribution in [3.8, 4) is 6.07 Å². The molecule has 94 valence electrons. The molecule has 1 atom stereocenters. The average molecular weight is 282 g/mol. The van der Waals surface area contributed by atoms with Crippen molar-refractivity contribution in [2.45, 2.75) is 31.6 Å². The van der Waals surface area contributed by atoms with E-state index in [1.54, 1.807) is 18.2 Å². The fraction of sp³-hybridized carbons (Fsp3) is 0.429. The van der Waals surface area contributed by atoms with Crippen LogP contribution in [0, 0.1) is 17.2 Å². The molecular formula is C14H13Cl2NO. The van der Waals surface area contributed by atoms with E-state index < -0.39 is 5.92 Å². The molecule has 0 saturated heterocycles. The first kappa shape index (κ1) is 13.4. The zero-order chi connectivity index (χ0) is 13.1. The molecule has 0 bridgehead atoms.